The number of halogens is 1. The molecule has 0 saturated carbocycles. The molecule has 9 heteroatoms. The van der Waals surface area contributed by atoms with Gasteiger partial charge in [-0.15, -0.1) is 0 Å². The van der Waals surface area contributed by atoms with Crippen molar-refractivity contribution < 1.29 is 23.1 Å². The van der Waals surface area contributed by atoms with Crippen LogP contribution in [0.2, 0.25) is 5.02 Å². The summed E-state index contributed by atoms with van der Waals surface area (Å²) in [4.78, 5) is 22.2. The van der Waals surface area contributed by atoms with E-state index in [1.54, 1.807) is 6.92 Å². The second-order valence-electron chi connectivity index (χ2n) is 5.82. The first-order valence-corrected chi connectivity index (χ1v) is 8.74. The summed E-state index contributed by atoms with van der Waals surface area (Å²) in [6.07, 6.45) is 0.862. The Hall–Kier alpha value is -1.64. The number of carbonyl (C=O) groups is 2. The van der Waals surface area contributed by atoms with Gasteiger partial charge >= 0.3 is 5.97 Å². The smallest absolute Gasteiger partial charge is 0.335 e. The number of hydrogen-bond acceptors (Lipinski definition) is 4. The van der Waals surface area contributed by atoms with Gasteiger partial charge in [0.15, 0.2) is 0 Å². The van der Waals surface area contributed by atoms with Crippen LogP contribution in [0.1, 0.15) is 35.7 Å². The lowest BCUT2D eigenvalue weighted by Gasteiger charge is -2.24. The molecule has 1 fully saturated rings. The number of sulfonamides is 1. The van der Waals surface area contributed by atoms with Crippen molar-refractivity contribution in [1.82, 2.24) is 10.0 Å². The van der Waals surface area contributed by atoms with Gasteiger partial charge in [-0.05, 0) is 38.0 Å². The third-order valence-corrected chi connectivity index (χ3v) is 5.75. The number of carboxylic acid groups (broad SMARTS) is 1. The monoisotopic (exact) mass is 360 g/mol. The van der Waals surface area contributed by atoms with Gasteiger partial charge in [0.25, 0.3) is 0 Å². The van der Waals surface area contributed by atoms with Crippen LogP contribution >= 0.6 is 11.6 Å². The van der Waals surface area contributed by atoms with Crippen LogP contribution in [0.3, 0.4) is 0 Å². The zero-order valence-corrected chi connectivity index (χ0v) is 14.2. The molecule has 0 radical (unpaired) electrons. The third kappa shape index (κ3) is 3.82. The summed E-state index contributed by atoms with van der Waals surface area (Å²) < 4.78 is 27.4. The summed E-state index contributed by atoms with van der Waals surface area (Å²) in [5, 5.41) is 11.8. The Balaban J connectivity index is 2.29. The molecule has 7 nitrogen and oxygen atoms in total. The Bertz CT molecular complexity index is 778. The van der Waals surface area contributed by atoms with Crippen LogP contribution in [0, 0.1) is 6.92 Å². The molecule has 1 atom stereocenters. The van der Waals surface area contributed by atoms with Crippen LogP contribution in [-0.2, 0) is 14.8 Å². The summed E-state index contributed by atoms with van der Waals surface area (Å²) >= 11 is 5.93. The fraction of sp³-hybridized carbons (Fsp3) is 0.429. The van der Waals surface area contributed by atoms with Crippen LogP contribution < -0.4 is 10.0 Å². The molecule has 23 heavy (non-hydrogen) atoms. The standard InChI is InChI=1S/C14H17ClN2O5S/c1-8-10(15)5-9(13(19)20)6-11(8)23(21,22)16-7-14(2)4-3-12(18)17-14/h5-6,16H,3-4,7H2,1-2H3,(H,17,18)(H,19,20). The SMILES string of the molecule is Cc1c(Cl)cc(C(=O)O)cc1S(=O)(=O)NCC1(C)CCC(=O)N1. The first kappa shape index (κ1) is 17.7. The van der Waals surface area contributed by atoms with E-state index in [0.29, 0.717) is 12.8 Å². The van der Waals surface area contributed by atoms with E-state index in [1.165, 1.54) is 13.0 Å². The molecule has 1 amide bonds. The molecule has 126 valence electrons. The molecule has 0 aliphatic carbocycles. The summed E-state index contributed by atoms with van der Waals surface area (Å²) in [5.41, 5.74) is -0.599. The number of nitrogens with one attached hydrogen (secondary N) is 2. The molecule has 0 spiro atoms. The van der Waals surface area contributed by atoms with E-state index < -0.39 is 21.5 Å². The summed E-state index contributed by atoms with van der Waals surface area (Å²) in [6.45, 7) is 3.25. The van der Waals surface area contributed by atoms with Gasteiger partial charge in [-0.3, -0.25) is 4.79 Å². The highest BCUT2D eigenvalue weighted by Crippen LogP contribution is 2.26. The van der Waals surface area contributed by atoms with E-state index in [0.717, 1.165) is 6.07 Å². The number of benzene rings is 1. The van der Waals surface area contributed by atoms with Gasteiger partial charge in [-0.1, -0.05) is 11.6 Å². The zero-order chi connectivity index (χ0) is 17.4. The van der Waals surface area contributed by atoms with Gasteiger partial charge in [0.1, 0.15) is 0 Å². The number of carbonyl (C=O) groups excluding carboxylic acids is 1. The Morgan fingerprint density at radius 1 is 1.48 bits per heavy atom. The van der Waals surface area contributed by atoms with E-state index in [2.05, 4.69) is 10.0 Å². The number of aromatic carboxylic acids is 1. The van der Waals surface area contributed by atoms with Crippen molar-refractivity contribution in [3.05, 3.63) is 28.3 Å². The van der Waals surface area contributed by atoms with Crippen molar-refractivity contribution in [3.63, 3.8) is 0 Å². The fourth-order valence-electron chi connectivity index (χ4n) is 2.37. The molecule has 1 aliphatic heterocycles. The molecule has 1 aliphatic rings. The molecule has 1 heterocycles. The summed E-state index contributed by atoms with van der Waals surface area (Å²) in [6, 6.07) is 2.28. The molecule has 1 aromatic rings. The van der Waals surface area contributed by atoms with Gasteiger partial charge < -0.3 is 10.4 Å². The third-order valence-electron chi connectivity index (χ3n) is 3.83. The predicted molar refractivity (Wildman–Crippen MR) is 84.1 cm³/mol. The Labute approximate surface area is 139 Å². The molecular formula is C14H17ClN2O5S. The molecular weight excluding hydrogens is 344 g/mol. The highest BCUT2D eigenvalue weighted by Gasteiger charge is 2.34. The maximum Gasteiger partial charge on any atom is 0.335 e. The van der Waals surface area contributed by atoms with Crippen LogP contribution in [0.25, 0.3) is 0 Å². The van der Waals surface area contributed by atoms with Crippen LogP contribution in [0.5, 0.6) is 0 Å². The molecule has 0 aromatic heterocycles. The largest absolute Gasteiger partial charge is 0.478 e. The second kappa shape index (κ2) is 6.10. The Morgan fingerprint density at radius 3 is 2.65 bits per heavy atom. The van der Waals surface area contributed by atoms with Gasteiger partial charge in [0, 0.05) is 18.0 Å². The maximum absolute atomic E-state index is 12.5. The Kier molecular flexibility index (Phi) is 4.70. The van der Waals surface area contributed by atoms with Crippen molar-refractivity contribution in [1.29, 1.82) is 0 Å². The number of hydrogen-bond donors (Lipinski definition) is 3. The number of rotatable bonds is 5. The predicted octanol–water partition coefficient (Wildman–Crippen LogP) is 1.29. The van der Waals surface area contributed by atoms with Gasteiger partial charge in [-0.2, -0.15) is 0 Å². The first-order chi connectivity index (χ1) is 10.5. The van der Waals surface area contributed by atoms with Crippen molar-refractivity contribution in [2.75, 3.05) is 6.54 Å². The lowest BCUT2D eigenvalue weighted by molar-refractivity contribution is -0.119. The second-order valence-corrected chi connectivity index (χ2v) is 7.96. The Morgan fingerprint density at radius 2 is 2.13 bits per heavy atom. The molecule has 1 saturated heterocycles. The fourth-order valence-corrected chi connectivity index (χ4v) is 4.11. The van der Waals surface area contributed by atoms with E-state index in [-0.39, 0.29) is 33.5 Å². The average Bonchev–Trinajstić information content (AvgIpc) is 2.79. The maximum atomic E-state index is 12.5. The summed E-state index contributed by atoms with van der Waals surface area (Å²) in [7, 11) is -3.96. The van der Waals surface area contributed by atoms with Crippen LogP contribution in [-0.4, -0.2) is 37.5 Å². The van der Waals surface area contributed by atoms with Crippen LogP contribution in [0.15, 0.2) is 17.0 Å². The van der Waals surface area contributed by atoms with E-state index in [4.69, 9.17) is 16.7 Å². The van der Waals surface area contributed by atoms with E-state index >= 15 is 0 Å². The van der Waals surface area contributed by atoms with Gasteiger partial charge in [-0.25, -0.2) is 17.9 Å². The van der Waals surface area contributed by atoms with Crippen molar-refractivity contribution in [2.24, 2.45) is 0 Å². The highest BCUT2D eigenvalue weighted by molar-refractivity contribution is 7.89. The van der Waals surface area contributed by atoms with Crippen molar-refractivity contribution >= 4 is 33.5 Å². The van der Waals surface area contributed by atoms with E-state index in [1.807, 2.05) is 0 Å². The quantitative estimate of drug-likeness (QED) is 0.732. The minimum absolute atomic E-state index is 0.00936. The topological polar surface area (TPSA) is 113 Å². The lowest BCUT2D eigenvalue weighted by atomic mass is 10.0. The number of amides is 1. The van der Waals surface area contributed by atoms with Crippen molar-refractivity contribution in [2.45, 2.75) is 37.1 Å². The zero-order valence-electron chi connectivity index (χ0n) is 12.6. The molecule has 2 rings (SSSR count). The van der Waals surface area contributed by atoms with Gasteiger partial charge in [0.05, 0.1) is 16.0 Å². The molecule has 3 N–H and O–H groups in total. The minimum Gasteiger partial charge on any atom is -0.478 e. The van der Waals surface area contributed by atoms with Crippen molar-refractivity contribution in [3.8, 4) is 0 Å². The minimum atomic E-state index is -3.96. The van der Waals surface area contributed by atoms with E-state index in [9.17, 15) is 18.0 Å². The molecule has 1 aromatic carbocycles. The lowest BCUT2D eigenvalue weighted by Crippen LogP contribution is -2.48. The average molecular weight is 361 g/mol. The number of carboxylic acids is 1. The van der Waals surface area contributed by atoms with Gasteiger partial charge in [0.2, 0.25) is 15.9 Å². The molecule has 0 bridgehead atoms. The van der Waals surface area contributed by atoms with Crippen LogP contribution in [0.4, 0.5) is 0 Å². The summed E-state index contributed by atoms with van der Waals surface area (Å²) in [5.74, 6) is -1.39. The first-order valence-electron chi connectivity index (χ1n) is 6.88. The normalized spacial score (nSPS) is 21.3. The highest BCUT2D eigenvalue weighted by atomic mass is 35.5. The molecule has 1 unspecified atom stereocenters.